The van der Waals surface area contributed by atoms with Gasteiger partial charge in [-0.15, -0.1) is 0 Å². The van der Waals surface area contributed by atoms with Gasteiger partial charge in [0, 0.05) is 5.69 Å². The maximum absolute atomic E-state index is 13.0. The Morgan fingerprint density at radius 2 is 1.42 bits per heavy atom. The highest BCUT2D eigenvalue weighted by atomic mass is 16.6. The van der Waals surface area contributed by atoms with Crippen LogP contribution in [0.4, 0.5) is 5.69 Å². The second-order valence-electron chi connectivity index (χ2n) is 7.46. The quantitative estimate of drug-likeness (QED) is 0.525. The Balaban J connectivity index is 1.76. The summed E-state index contributed by atoms with van der Waals surface area (Å²) in [5, 5.41) is 14.2. The maximum Gasteiger partial charge on any atom is 0.348 e. The molecule has 0 saturated heterocycles. The summed E-state index contributed by atoms with van der Waals surface area (Å²) in [5.41, 5.74) is 0.439. The first-order valence-electron chi connectivity index (χ1n) is 10.4. The van der Waals surface area contributed by atoms with Gasteiger partial charge in [0.15, 0.2) is 6.61 Å². The first-order valence-corrected chi connectivity index (χ1v) is 10.4. The Kier molecular flexibility index (Phi) is 7.21. The molecule has 0 aliphatic carbocycles. The van der Waals surface area contributed by atoms with Crippen molar-refractivity contribution < 1.29 is 19.4 Å². The van der Waals surface area contributed by atoms with Crippen LogP contribution in [-0.2, 0) is 19.9 Å². The van der Waals surface area contributed by atoms with Gasteiger partial charge < -0.3 is 15.2 Å². The van der Waals surface area contributed by atoms with Crippen LogP contribution >= 0.6 is 0 Å². The molecule has 3 aromatic rings. The van der Waals surface area contributed by atoms with E-state index in [-0.39, 0.29) is 5.92 Å². The summed E-state index contributed by atoms with van der Waals surface area (Å²) in [4.78, 5) is 25.5. The molecule has 160 valence electrons. The van der Waals surface area contributed by atoms with Gasteiger partial charge in [-0.2, -0.15) is 0 Å². The number of carbonyl (C=O) groups is 2. The second kappa shape index (κ2) is 10.0. The Morgan fingerprint density at radius 1 is 0.903 bits per heavy atom. The number of esters is 1. The van der Waals surface area contributed by atoms with Crippen molar-refractivity contribution in [1.29, 1.82) is 0 Å². The van der Waals surface area contributed by atoms with Crippen molar-refractivity contribution in [1.82, 2.24) is 0 Å². The normalized spacial score (nSPS) is 12.1. The first-order chi connectivity index (χ1) is 15.0. The van der Waals surface area contributed by atoms with Crippen LogP contribution in [0.5, 0.6) is 0 Å². The average Bonchev–Trinajstić information content (AvgIpc) is 2.83. The number of hydrogen-bond donors (Lipinski definition) is 2. The van der Waals surface area contributed by atoms with Crippen LogP contribution in [0.3, 0.4) is 0 Å². The predicted octanol–water partition coefficient (Wildman–Crippen LogP) is 4.62. The number of anilines is 1. The van der Waals surface area contributed by atoms with Crippen molar-refractivity contribution in [3.8, 4) is 0 Å². The number of ether oxygens (including phenoxy) is 1. The van der Waals surface area contributed by atoms with Gasteiger partial charge in [-0.05, 0) is 35.1 Å². The number of nitrogens with one attached hydrogen (secondary N) is 1. The van der Waals surface area contributed by atoms with Crippen LogP contribution in [0.25, 0.3) is 0 Å². The summed E-state index contributed by atoms with van der Waals surface area (Å²) >= 11 is 0. The molecule has 0 bridgehead atoms. The van der Waals surface area contributed by atoms with Crippen LogP contribution in [0.15, 0.2) is 84.9 Å². The molecule has 0 radical (unpaired) electrons. The second-order valence-corrected chi connectivity index (χ2v) is 7.46. The van der Waals surface area contributed by atoms with Crippen molar-refractivity contribution in [2.45, 2.75) is 31.8 Å². The Hall–Kier alpha value is -3.44. The number of hydrogen-bond acceptors (Lipinski definition) is 4. The van der Waals surface area contributed by atoms with Gasteiger partial charge in [0.25, 0.3) is 5.91 Å². The van der Waals surface area contributed by atoms with Crippen LogP contribution in [-0.4, -0.2) is 23.6 Å². The molecule has 3 rings (SSSR count). The number of rotatable bonds is 8. The molecular weight excluding hydrogens is 390 g/mol. The zero-order valence-electron chi connectivity index (χ0n) is 17.7. The molecule has 0 aliphatic heterocycles. The minimum Gasteiger partial charge on any atom is -0.453 e. The molecule has 0 saturated carbocycles. The minimum absolute atomic E-state index is 0.278. The summed E-state index contributed by atoms with van der Waals surface area (Å²) < 4.78 is 5.28. The third-order valence-electron chi connectivity index (χ3n) is 5.39. The smallest absolute Gasteiger partial charge is 0.348 e. The third-order valence-corrected chi connectivity index (χ3v) is 5.39. The molecule has 31 heavy (non-hydrogen) atoms. The predicted molar refractivity (Wildman–Crippen MR) is 121 cm³/mol. The van der Waals surface area contributed by atoms with Crippen molar-refractivity contribution in [2.24, 2.45) is 0 Å². The van der Waals surface area contributed by atoms with Crippen molar-refractivity contribution in [3.05, 3.63) is 102 Å². The van der Waals surface area contributed by atoms with Crippen LogP contribution in [0, 0.1) is 0 Å². The number of aliphatic hydroxyl groups is 1. The zero-order chi connectivity index (χ0) is 22.3. The van der Waals surface area contributed by atoms with E-state index < -0.39 is 24.1 Å². The largest absolute Gasteiger partial charge is 0.453 e. The lowest BCUT2D eigenvalue weighted by Gasteiger charge is -2.27. The Labute approximate surface area is 182 Å². The first kappa shape index (κ1) is 22.2. The molecule has 1 unspecified atom stereocenters. The molecule has 0 fully saturated rings. The summed E-state index contributed by atoms with van der Waals surface area (Å²) in [6, 6.07) is 24.7. The van der Waals surface area contributed by atoms with E-state index in [2.05, 4.69) is 19.2 Å². The van der Waals surface area contributed by atoms with Crippen molar-refractivity contribution in [3.63, 3.8) is 0 Å². The molecule has 1 amide bonds. The molecule has 0 aromatic heterocycles. The van der Waals surface area contributed by atoms with Crippen molar-refractivity contribution >= 4 is 17.6 Å². The fraction of sp³-hybridized carbons (Fsp3) is 0.231. The number of benzene rings is 3. The molecule has 5 heteroatoms. The van der Waals surface area contributed by atoms with Gasteiger partial charge in [0.05, 0.1) is 0 Å². The van der Waals surface area contributed by atoms with Gasteiger partial charge in [-0.1, -0.05) is 92.7 Å². The van der Waals surface area contributed by atoms with Crippen LogP contribution in [0.2, 0.25) is 0 Å². The molecule has 1 atom stereocenters. The fourth-order valence-corrected chi connectivity index (χ4v) is 3.44. The lowest BCUT2D eigenvalue weighted by Crippen LogP contribution is -2.39. The van der Waals surface area contributed by atoms with E-state index in [1.807, 2.05) is 24.3 Å². The van der Waals surface area contributed by atoms with Crippen LogP contribution in [0.1, 0.15) is 42.9 Å². The SMILES string of the molecule is CCC(C)c1ccccc1NC(=O)COC(=O)C(O)(c1ccccc1)c1ccccc1. The van der Waals surface area contributed by atoms with E-state index in [0.29, 0.717) is 16.8 Å². The Bertz CT molecular complexity index is 978. The molecule has 3 aromatic carbocycles. The lowest BCUT2D eigenvalue weighted by molar-refractivity contribution is -0.163. The van der Waals surface area contributed by atoms with E-state index in [1.165, 1.54) is 0 Å². The highest BCUT2D eigenvalue weighted by molar-refractivity contribution is 5.94. The zero-order valence-corrected chi connectivity index (χ0v) is 17.7. The maximum atomic E-state index is 13.0. The summed E-state index contributed by atoms with van der Waals surface area (Å²) in [6.45, 7) is 3.67. The lowest BCUT2D eigenvalue weighted by atomic mass is 9.86. The van der Waals surface area contributed by atoms with E-state index in [4.69, 9.17) is 4.74 Å². The molecule has 2 N–H and O–H groups in total. The van der Waals surface area contributed by atoms with Gasteiger partial charge in [-0.25, -0.2) is 4.79 Å². The number of amides is 1. The minimum atomic E-state index is -2.02. The number of carbonyl (C=O) groups excluding carboxylic acids is 2. The van der Waals surface area contributed by atoms with E-state index in [9.17, 15) is 14.7 Å². The third kappa shape index (κ3) is 5.01. The van der Waals surface area contributed by atoms with E-state index in [1.54, 1.807) is 60.7 Å². The average molecular weight is 418 g/mol. The number of para-hydroxylation sites is 1. The van der Waals surface area contributed by atoms with Crippen LogP contribution < -0.4 is 5.32 Å². The monoisotopic (exact) mass is 417 g/mol. The van der Waals surface area contributed by atoms with Crippen molar-refractivity contribution in [2.75, 3.05) is 11.9 Å². The molecule has 0 spiro atoms. The van der Waals surface area contributed by atoms with E-state index >= 15 is 0 Å². The highest BCUT2D eigenvalue weighted by Crippen LogP contribution is 2.31. The Morgan fingerprint density at radius 3 is 1.97 bits per heavy atom. The fourth-order valence-electron chi connectivity index (χ4n) is 3.44. The van der Waals surface area contributed by atoms with Gasteiger partial charge in [0.1, 0.15) is 0 Å². The highest BCUT2D eigenvalue weighted by Gasteiger charge is 2.41. The molecule has 5 nitrogen and oxygen atoms in total. The van der Waals surface area contributed by atoms with Gasteiger partial charge in [0.2, 0.25) is 5.60 Å². The molecule has 0 aliphatic rings. The molecular formula is C26H27NO4. The standard InChI is InChI=1S/C26H27NO4/c1-3-19(2)22-16-10-11-17-23(22)27-24(28)18-31-25(29)26(30,20-12-6-4-7-13-20)21-14-8-5-9-15-21/h4-17,19,30H,3,18H2,1-2H3,(H,27,28). The topological polar surface area (TPSA) is 75.6 Å². The summed E-state index contributed by atoms with van der Waals surface area (Å²) in [5.74, 6) is -1.09. The summed E-state index contributed by atoms with van der Waals surface area (Å²) in [6.07, 6.45) is 0.934. The van der Waals surface area contributed by atoms with E-state index in [0.717, 1.165) is 12.0 Å². The molecule has 0 heterocycles. The summed E-state index contributed by atoms with van der Waals surface area (Å²) in [7, 11) is 0. The van der Waals surface area contributed by atoms with Gasteiger partial charge in [-0.3, -0.25) is 4.79 Å². The van der Waals surface area contributed by atoms with Gasteiger partial charge >= 0.3 is 5.97 Å².